The Morgan fingerprint density at radius 3 is 2.54 bits per heavy atom. The SMILES string of the molecule is CCNC(=O)c1cccc(NC(=O)c2nn(C(C)(C)C)cc2Br)c1. The van der Waals surface area contributed by atoms with Gasteiger partial charge in [0.25, 0.3) is 11.8 Å². The zero-order valence-corrected chi connectivity index (χ0v) is 15.8. The molecular formula is C17H21BrN4O2. The fourth-order valence-corrected chi connectivity index (χ4v) is 2.49. The van der Waals surface area contributed by atoms with Crippen molar-refractivity contribution in [2.75, 3.05) is 11.9 Å². The number of carbonyl (C=O) groups is 2. The molecule has 24 heavy (non-hydrogen) atoms. The first-order chi connectivity index (χ1) is 11.2. The van der Waals surface area contributed by atoms with Crippen LogP contribution in [0.2, 0.25) is 0 Å². The zero-order chi connectivity index (χ0) is 17.9. The highest BCUT2D eigenvalue weighted by Gasteiger charge is 2.21. The number of aromatic nitrogens is 2. The summed E-state index contributed by atoms with van der Waals surface area (Å²) in [6.45, 7) is 8.41. The molecule has 0 atom stereocenters. The van der Waals surface area contributed by atoms with Crippen molar-refractivity contribution in [3.05, 3.63) is 46.2 Å². The van der Waals surface area contributed by atoms with Crippen LogP contribution in [0, 0.1) is 0 Å². The van der Waals surface area contributed by atoms with Gasteiger partial charge < -0.3 is 10.6 Å². The molecule has 0 unspecified atom stereocenters. The van der Waals surface area contributed by atoms with Gasteiger partial charge in [-0.1, -0.05) is 6.07 Å². The maximum atomic E-state index is 12.5. The Bertz CT molecular complexity index is 762. The number of rotatable bonds is 4. The highest BCUT2D eigenvalue weighted by molar-refractivity contribution is 9.10. The van der Waals surface area contributed by atoms with Crippen molar-refractivity contribution in [3.63, 3.8) is 0 Å². The van der Waals surface area contributed by atoms with Crippen LogP contribution < -0.4 is 10.6 Å². The second kappa shape index (κ2) is 7.17. The fourth-order valence-electron chi connectivity index (χ4n) is 2.04. The number of carbonyl (C=O) groups excluding carboxylic acids is 2. The summed E-state index contributed by atoms with van der Waals surface area (Å²) in [5, 5.41) is 9.85. The van der Waals surface area contributed by atoms with Gasteiger partial charge in [-0.25, -0.2) is 0 Å². The second-order valence-electron chi connectivity index (χ2n) is 6.34. The molecule has 6 nitrogen and oxygen atoms in total. The van der Waals surface area contributed by atoms with Gasteiger partial charge in [0.05, 0.1) is 10.0 Å². The third kappa shape index (κ3) is 4.23. The van der Waals surface area contributed by atoms with Crippen molar-refractivity contribution in [2.24, 2.45) is 0 Å². The molecule has 7 heteroatoms. The number of benzene rings is 1. The lowest BCUT2D eigenvalue weighted by molar-refractivity contribution is 0.0954. The van der Waals surface area contributed by atoms with E-state index < -0.39 is 0 Å². The molecule has 0 spiro atoms. The number of hydrogen-bond donors (Lipinski definition) is 2. The fraction of sp³-hybridized carbons (Fsp3) is 0.353. The smallest absolute Gasteiger partial charge is 0.277 e. The van der Waals surface area contributed by atoms with Gasteiger partial charge in [0.15, 0.2) is 5.69 Å². The first-order valence-electron chi connectivity index (χ1n) is 7.67. The average Bonchev–Trinajstić information content (AvgIpc) is 2.90. The van der Waals surface area contributed by atoms with Gasteiger partial charge in [-0.05, 0) is 61.8 Å². The van der Waals surface area contributed by atoms with Gasteiger partial charge in [0.1, 0.15) is 0 Å². The quantitative estimate of drug-likeness (QED) is 0.836. The molecule has 0 aliphatic carbocycles. The number of amides is 2. The van der Waals surface area contributed by atoms with Gasteiger partial charge in [-0.15, -0.1) is 0 Å². The number of hydrogen-bond acceptors (Lipinski definition) is 3. The summed E-state index contributed by atoms with van der Waals surface area (Å²) in [5.74, 6) is -0.510. The second-order valence-corrected chi connectivity index (χ2v) is 7.19. The van der Waals surface area contributed by atoms with E-state index in [1.54, 1.807) is 35.1 Å². The Balaban J connectivity index is 2.20. The molecule has 0 radical (unpaired) electrons. The minimum Gasteiger partial charge on any atom is -0.352 e. The Hall–Kier alpha value is -2.15. The molecule has 0 aliphatic rings. The number of halogens is 1. The lowest BCUT2D eigenvalue weighted by Gasteiger charge is -2.18. The minimum absolute atomic E-state index is 0.174. The molecule has 2 aromatic rings. The van der Waals surface area contributed by atoms with Crippen molar-refractivity contribution in [3.8, 4) is 0 Å². The summed E-state index contributed by atoms with van der Waals surface area (Å²) in [7, 11) is 0. The molecule has 1 aromatic carbocycles. The average molecular weight is 393 g/mol. The molecule has 0 saturated carbocycles. The molecule has 1 aromatic heterocycles. The molecule has 2 rings (SSSR count). The molecular weight excluding hydrogens is 372 g/mol. The lowest BCUT2D eigenvalue weighted by Crippen LogP contribution is -2.24. The van der Waals surface area contributed by atoms with E-state index in [4.69, 9.17) is 0 Å². The van der Waals surface area contributed by atoms with E-state index >= 15 is 0 Å². The normalized spacial score (nSPS) is 11.2. The Morgan fingerprint density at radius 2 is 1.96 bits per heavy atom. The highest BCUT2D eigenvalue weighted by atomic mass is 79.9. The zero-order valence-electron chi connectivity index (χ0n) is 14.2. The first-order valence-corrected chi connectivity index (χ1v) is 8.47. The van der Waals surface area contributed by atoms with E-state index in [2.05, 4.69) is 31.7 Å². The van der Waals surface area contributed by atoms with Crippen LogP contribution in [0.4, 0.5) is 5.69 Å². The topological polar surface area (TPSA) is 76.0 Å². The van der Waals surface area contributed by atoms with Gasteiger partial charge >= 0.3 is 0 Å². The molecule has 128 valence electrons. The van der Waals surface area contributed by atoms with Crippen molar-refractivity contribution in [1.82, 2.24) is 15.1 Å². The number of nitrogens with zero attached hydrogens (tertiary/aromatic N) is 2. The maximum absolute atomic E-state index is 12.5. The van der Waals surface area contributed by atoms with Crippen molar-refractivity contribution >= 4 is 33.4 Å². The van der Waals surface area contributed by atoms with Crippen LogP contribution in [0.3, 0.4) is 0 Å². The molecule has 2 amide bonds. The Morgan fingerprint density at radius 1 is 1.25 bits per heavy atom. The molecule has 0 fully saturated rings. The molecule has 0 saturated heterocycles. The van der Waals surface area contributed by atoms with E-state index in [-0.39, 0.29) is 17.4 Å². The van der Waals surface area contributed by atoms with E-state index in [1.807, 2.05) is 27.7 Å². The highest BCUT2D eigenvalue weighted by Crippen LogP contribution is 2.22. The van der Waals surface area contributed by atoms with E-state index in [9.17, 15) is 9.59 Å². The van der Waals surface area contributed by atoms with Crippen LogP contribution in [0.25, 0.3) is 0 Å². The van der Waals surface area contributed by atoms with Gasteiger partial charge in [0.2, 0.25) is 0 Å². The van der Waals surface area contributed by atoms with Crippen LogP contribution in [0.1, 0.15) is 48.5 Å². The van der Waals surface area contributed by atoms with Crippen LogP contribution in [-0.2, 0) is 5.54 Å². The van der Waals surface area contributed by atoms with Crippen molar-refractivity contribution in [2.45, 2.75) is 33.2 Å². The molecule has 0 aliphatic heterocycles. The van der Waals surface area contributed by atoms with Crippen molar-refractivity contribution in [1.29, 1.82) is 0 Å². The standard InChI is InChI=1S/C17H21BrN4O2/c1-5-19-15(23)11-7-6-8-12(9-11)20-16(24)14-13(18)10-22(21-14)17(2,3)4/h6-10H,5H2,1-4H3,(H,19,23)(H,20,24). The first kappa shape index (κ1) is 18.2. The predicted octanol–water partition coefficient (Wildman–Crippen LogP) is 3.40. The summed E-state index contributed by atoms with van der Waals surface area (Å²) in [4.78, 5) is 24.3. The van der Waals surface area contributed by atoms with E-state index in [0.717, 1.165) is 0 Å². The molecule has 1 heterocycles. The number of nitrogens with one attached hydrogen (secondary N) is 2. The Labute approximate surface area is 149 Å². The number of anilines is 1. The summed E-state index contributed by atoms with van der Waals surface area (Å²) < 4.78 is 2.35. The summed E-state index contributed by atoms with van der Waals surface area (Å²) in [6, 6.07) is 6.79. The summed E-state index contributed by atoms with van der Waals surface area (Å²) in [5.41, 5.74) is 1.11. The maximum Gasteiger partial charge on any atom is 0.277 e. The largest absolute Gasteiger partial charge is 0.352 e. The van der Waals surface area contributed by atoms with Gasteiger partial charge in [-0.2, -0.15) is 5.10 Å². The monoisotopic (exact) mass is 392 g/mol. The Kier molecular flexibility index (Phi) is 5.43. The van der Waals surface area contributed by atoms with Crippen LogP contribution in [0.15, 0.2) is 34.9 Å². The third-order valence-corrected chi connectivity index (χ3v) is 3.87. The predicted molar refractivity (Wildman–Crippen MR) is 97.3 cm³/mol. The summed E-state index contributed by atoms with van der Waals surface area (Å²) in [6.07, 6.45) is 1.78. The van der Waals surface area contributed by atoms with Crippen LogP contribution in [-0.4, -0.2) is 28.1 Å². The molecule has 2 N–H and O–H groups in total. The lowest BCUT2D eigenvalue weighted by atomic mass is 10.1. The van der Waals surface area contributed by atoms with Gasteiger partial charge in [0, 0.05) is 24.0 Å². The van der Waals surface area contributed by atoms with Gasteiger partial charge in [-0.3, -0.25) is 14.3 Å². The van der Waals surface area contributed by atoms with E-state index in [0.29, 0.717) is 28.0 Å². The third-order valence-electron chi connectivity index (χ3n) is 3.29. The molecule has 0 bridgehead atoms. The van der Waals surface area contributed by atoms with Crippen molar-refractivity contribution < 1.29 is 9.59 Å². The minimum atomic E-state index is -0.335. The van der Waals surface area contributed by atoms with Crippen LogP contribution in [0.5, 0.6) is 0 Å². The van der Waals surface area contributed by atoms with Crippen LogP contribution >= 0.6 is 15.9 Å². The summed E-state index contributed by atoms with van der Waals surface area (Å²) >= 11 is 3.37. The van der Waals surface area contributed by atoms with E-state index in [1.165, 1.54) is 0 Å².